The van der Waals surface area contributed by atoms with Crippen molar-refractivity contribution in [3.05, 3.63) is 200 Å². The quantitative estimate of drug-likeness (QED) is 0.168. The summed E-state index contributed by atoms with van der Waals surface area (Å²) in [7, 11) is 0. The van der Waals surface area contributed by atoms with Crippen molar-refractivity contribution in [3.63, 3.8) is 0 Å². The van der Waals surface area contributed by atoms with Gasteiger partial charge in [0.05, 0.1) is 11.4 Å². The van der Waals surface area contributed by atoms with Crippen LogP contribution in [0.25, 0.3) is 118 Å². The molecule has 0 amide bonds. The standard InChI is InChI=1S/C55H33N3S2/c1-2-13-34(14-3-1)49-32-50(44-23-11-21-42-39(18-8-22-43(42)44)35-15-12-28-56-33-35)58-55(57-49)38-30-36(40-19-9-24-47-45-16-4-6-26-51(45)59-53(40)47)29-37(31-38)41-20-10-25-48-46-17-5-7-27-52(46)60-54(41)48/h1-33H. The van der Waals surface area contributed by atoms with Crippen molar-refractivity contribution in [2.24, 2.45) is 0 Å². The summed E-state index contributed by atoms with van der Waals surface area (Å²) in [6, 6.07) is 67.6. The summed E-state index contributed by atoms with van der Waals surface area (Å²) in [5, 5.41) is 7.41. The maximum Gasteiger partial charge on any atom is 0.160 e. The molecule has 0 unspecified atom stereocenters. The first kappa shape index (κ1) is 34.7. The Bertz CT molecular complexity index is 3470. The molecular formula is C55H33N3S2. The van der Waals surface area contributed by atoms with E-state index >= 15 is 0 Å². The largest absolute Gasteiger partial charge is 0.264 e. The van der Waals surface area contributed by atoms with Crippen molar-refractivity contribution in [2.75, 3.05) is 0 Å². The molecule has 0 aliphatic heterocycles. The molecule has 4 aromatic heterocycles. The van der Waals surface area contributed by atoms with Crippen LogP contribution in [0.5, 0.6) is 0 Å². The second-order valence-electron chi connectivity index (χ2n) is 15.1. The van der Waals surface area contributed by atoms with E-state index in [1.54, 1.807) is 0 Å². The summed E-state index contributed by atoms with van der Waals surface area (Å²) in [6.45, 7) is 0. The lowest BCUT2D eigenvalue weighted by Crippen LogP contribution is -1.97. The molecule has 0 N–H and O–H groups in total. The van der Waals surface area contributed by atoms with E-state index in [0.29, 0.717) is 5.82 Å². The number of nitrogens with zero attached hydrogens (tertiary/aromatic N) is 3. The molecule has 12 rings (SSSR count). The van der Waals surface area contributed by atoms with E-state index < -0.39 is 0 Å². The highest BCUT2D eigenvalue weighted by Gasteiger charge is 2.19. The van der Waals surface area contributed by atoms with E-state index in [1.807, 2.05) is 41.1 Å². The monoisotopic (exact) mass is 799 g/mol. The van der Waals surface area contributed by atoms with E-state index in [1.165, 1.54) is 51.5 Å². The van der Waals surface area contributed by atoms with Crippen LogP contribution in [0.3, 0.4) is 0 Å². The van der Waals surface area contributed by atoms with Crippen LogP contribution in [-0.4, -0.2) is 15.0 Å². The summed E-state index contributed by atoms with van der Waals surface area (Å²) in [5.74, 6) is 0.682. The molecule has 0 atom stereocenters. The number of benzene rings is 8. The van der Waals surface area contributed by atoms with Gasteiger partial charge >= 0.3 is 0 Å². The lowest BCUT2D eigenvalue weighted by atomic mass is 9.93. The average Bonchev–Trinajstić information content (AvgIpc) is 3.90. The van der Waals surface area contributed by atoms with Crippen LogP contribution in [0.15, 0.2) is 200 Å². The van der Waals surface area contributed by atoms with E-state index in [-0.39, 0.29) is 0 Å². The van der Waals surface area contributed by atoms with Crippen LogP contribution < -0.4 is 0 Å². The summed E-state index contributed by atoms with van der Waals surface area (Å²) in [6.07, 6.45) is 3.75. The fourth-order valence-corrected chi connectivity index (χ4v) is 11.3. The van der Waals surface area contributed by atoms with Crippen LogP contribution in [-0.2, 0) is 0 Å². The molecule has 0 saturated carbocycles. The third kappa shape index (κ3) is 5.82. The third-order valence-electron chi connectivity index (χ3n) is 11.6. The second-order valence-corrected chi connectivity index (χ2v) is 17.2. The van der Waals surface area contributed by atoms with Crippen molar-refractivity contribution < 1.29 is 0 Å². The van der Waals surface area contributed by atoms with Crippen molar-refractivity contribution in [1.29, 1.82) is 0 Å². The van der Waals surface area contributed by atoms with Crippen LogP contribution in [0.2, 0.25) is 0 Å². The van der Waals surface area contributed by atoms with Crippen LogP contribution in [0, 0.1) is 0 Å². The van der Waals surface area contributed by atoms with Gasteiger partial charge in [-0.25, -0.2) is 9.97 Å². The predicted molar refractivity (Wildman–Crippen MR) is 256 cm³/mol. The van der Waals surface area contributed by atoms with E-state index in [9.17, 15) is 0 Å². The van der Waals surface area contributed by atoms with Gasteiger partial charge in [-0.3, -0.25) is 4.98 Å². The van der Waals surface area contributed by atoms with Crippen molar-refractivity contribution in [3.8, 4) is 67.3 Å². The first-order valence-corrected chi connectivity index (χ1v) is 21.7. The molecule has 0 aliphatic rings. The fraction of sp³-hybridized carbons (Fsp3) is 0. The van der Waals surface area contributed by atoms with Gasteiger partial charge in [0, 0.05) is 75.0 Å². The second kappa shape index (κ2) is 14.2. The average molecular weight is 800 g/mol. The smallest absolute Gasteiger partial charge is 0.160 e. The molecule has 3 nitrogen and oxygen atoms in total. The van der Waals surface area contributed by atoms with Gasteiger partial charge in [-0.05, 0) is 81.1 Å². The highest BCUT2D eigenvalue weighted by Crippen LogP contribution is 2.45. The Labute approximate surface area is 354 Å². The molecule has 0 spiro atoms. The van der Waals surface area contributed by atoms with E-state index in [2.05, 4.69) is 187 Å². The number of hydrogen-bond donors (Lipinski definition) is 0. The lowest BCUT2D eigenvalue weighted by molar-refractivity contribution is 1.19. The molecule has 60 heavy (non-hydrogen) atoms. The number of pyridine rings is 1. The Balaban J connectivity index is 1.13. The molecule has 12 aromatic rings. The Hall–Kier alpha value is -7.31. The number of aromatic nitrogens is 3. The first-order valence-electron chi connectivity index (χ1n) is 20.1. The molecule has 0 aliphatic carbocycles. The van der Waals surface area contributed by atoms with E-state index in [0.717, 1.165) is 61.1 Å². The topological polar surface area (TPSA) is 38.7 Å². The number of fused-ring (bicyclic) bond motifs is 7. The van der Waals surface area contributed by atoms with Crippen molar-refractivity contribution in [1.82, 2.24) is 15.0 Å². The Morgan fingerprint density at radius 1 is 0.317 bits per heavy atom. The Kier molecular flexibility index (Phi) is 8.22. The van der Waals surface area contributed by atoms with Crippen LogP contribution in [0.4, 0.5) is 0 Å². The third-order valence-corrected chi connectivity index (χ3v) is 14.0. The molecule has 0 radical (unpaired) electrons. The minimum atomic E-state index is 0.682. The predicted octanol–water partition coefficient (Wildman–Crippen LogP) is 15.8. The van der Waals surface area contributed by atoms with Gasteiger partial charge in [0.2, 0.25) is 0 Å². The van der Waals surface area contributed by atoms with Crippen molar-refractivity contribution in [2.45, 2.75) is 0 Å². The molecule has 4 heterocycles. The zero-order chi connectivity index (χ0) is 39.6. The fourth-order valence-electron chi connectivity index (χ4n) is 8.79. The zero-order valence-electron chi connectivity index (χ0n) is 32.2. The van der Waals surface area contributed by atoms with Crippen LogP contribution >= 0.6 is 22.7 Å². The van der Waals surface area contributed by atoms with Gasteiger partial charge in [-0.1, -0.05) is 146 Å². The van der Waals surface area contributed by atoms with Gasteiger partial charge in [0.1, 0.15) is 0 Å². The maximum atomic E-state index is 5.50. The SMILES string of the molecule is c1ccc(-c2cc(-c3cccc4c(-c5cccnc5)cccc34)nc(-c3cc(-c4cccc5c4sc4ccccc45)cc(-c4cccc5c4sc4ccccc45)c3)n2)cc1. The Morgan fingerprint density at radius 3 is 1.45 bits per heavy atom. The van der Waals surface area contributed by atoms with Crippen molar-refractivity contribution >= 4 is 73.8 Å². The lowest BCUT2D eigenvalue weighted by Gasteiger charge is -2.15. The number of thiophene rings is 2. The molecule has 5 heteroatoms. The number of rotatable bonds is 6. The van der Waals surface area contributed by atoms with Gasteiger partial charge in [-0.15, -0.1) is 22.7 Å². The Morgan fingerprint density at radius 2 is 0.817 bits per heavy atom. The van der Waals surface area contributed by atoms with Gasteiger partial charge in [0.25, 0.3) is 0 Å². The zero-order valence-corrected chi connectivity index (χ0v) is 33.8. The summed E-state index contributed by atoms with van der Waals surface area (Å²) in [4.78, 5) is 15.3. The molecule has 8 aromatic carbocycles. The highest BCUT2D eigenvalue weighted by atomic mass is 32.1. The molecular weight excluding hydrogens is 767 g/mol. The maximum absolute atomic E-state index is 5.50. The van der Waals surface area contributed by atoms with Crippen LogP contribution in [0.1, 0.15) is 0 Å². The first-order chi connectivity index (χ1) is 29.7. The number of hydrogen-bond acceptors (Lipinski definition) is 5. The van der Waals surface area contributed by atoms with Gasteiger partial charge in [-0.2, -0.15) is 0 Å². The minimum absolute atomic E-state index is 0.682. The van der Waals surface area contributed by atoms with Gasteiger partial charge < -0.3 is 0 Å². The normalized spacial score (nSPS) is 11.7. The van der Waals surface area contributed by atoms with Gasteiger partial charge in [0.15, 0.2) is 5.82 Å². The highest BCUT2D eigenvalue weighted by molar-refractivity contribution is 7.26. The summed E-state index contributed by atoms with van der Waals surface area (Å²) in [5.41, 5.74) is 11.7. The molecule has 0 fully saturated rings. The molecule has 280 valence electrons. The van der Waals surface area contributed by atoms with E-state index in [4.69, 9.17) is 9.97 Å². The summed E-state index contributed by atoms with van der Waals surface area (Å²) >= 11 is 3.72. The molecule has 0 saturated heterocycles. The minimum Gasteiger partial charge on any atom is -0.264 e. The summed E-state index contributed by atoms with van der Waals surface area (Å²) < 4.78 is 5.14. The molecule has 0 bridgehead atoms.